The van der Waals surface area contributed by atoms with Crippen molar-refractivity contribution >= 4 is 5.91 Å². The van der Waals surface area contributed by atoms with Gasteiger partial charge < -0.3 is 10.0 Å². The lowest BCUT2D eigenvalue weighted by molar-refractivity contribution is -0.162. The highest BCUT2D eigenvalue weighted by molar-refractivity contribution is 5.81. The molecule has 6 heteroatoms. The molecular formula is C8H12F3NO2. The zero-order valence-electron chi connectivity index (χ0n) is 7.55. The Balaban J connectivity index is 2.49. The van der Waals surface area contributed by atoms with Gasteiger partial charge in [0.05, 0.1) is 6.61 Å². The first kappa shape index (κ1) is 11.3. The summed E-state index contributed by atoms with van der Waals surface area (Å²) in [5.74, 6) is -0.736. The van der Waals surface area contributed by atoms with Crippen LogP contribution in [0.4, 0.5) is 13.2 Å². The van der Waals surface area contributed by atoms with Crippen molar-refractivity contribution in [1.82, 2.24) is 4.90 Å². The number of hydrogen-bond acceptors (Lipinski definition) is 2. The van der Waals surface area contributed by atoms with Crippen LogP contribution in [0.1, 0.15) is 12.8 Å². The number of hydrogen-bond donors (Lipinski definition) is 1. The van der Waals surface area contributed by atoms with E-state index in [0.717, 1.165) is 0 Å². The van der Waals surface area contributed by atoms with Crippen molar-refractivity contribution in [3.05, 3.63) is 0 Å². The van der Waals surface area contributed by atoms with Crippen molar-refractivity contribution < 1.29 is 23.1 Å². The van der Waals surface area contributed by atoms with Crippen LogP contribution in [0.3, 0.4) is 0 Å². The van der Waals surface area contributed by atoms with Crippen LogP contribution in [0.25, 0.3) is 0 Å². The monoisotopic (exact) mass is 211 g/mol. The van der Waals surface area contributed by atoms with E-state index in [0.29, 0.717) is 17.7 Å². The van der Waals surface area contributed by atoms with E-state index in [4.69, 9.17) is 5.11 Å². The zero-order valence-corrected chi connectivity index (χ0v) is 7.55. The highest BCUT2D eigenvalue weighted by Crippen LogP contribution is 2.31. The number of carbonyl (C=O) groups is 1. The summed E-state index contributed by atoms with van der Waals surface area (Å²) in [5.41, 5.74) is 0. The minimum absolute atomic E-state index is 0.241. The lowest BCUT2D eigenvalue weighted by Gasteiger charge is -2.22. The zero-order chi connectivity index (χ0) is 10.8. The van der Waals surface area contributed by atoms with Gasteiger partial charge in [-0.2, -0.15) is 13.2 Å². The number of halogens is 3. The molecule has 1 fully saturated rings. The number of carbonyl (C=O) groups excluding carboxylic acids is 1. The molecule has 0 heterocycles. The minimum Gasteiger partial charge on any atom is -0.395 e. The van der Waals surface area contributed by atoms with Crippen LogP contribution >= 0.6 is 0 Å². The van der Waals surface area contributed by atoms with Crippen LogP contribution in [-0.2, 0) is 4.79 Å². The fourth-order valence-corrected chi connectivity index (χ4v) is 1.19. The van der Waals surface area contributed by atoms with Gasteiger partial charge in [-0.05, 0) is 12.8 Å². The molecule has 0 aromatic carbocycles. The number of rotatable bonds is 4. The summed E-state index contributed by atoms with van der Waals surface area (Å²) < 4.78 is 36.0. The minimum atomic E-state index is -4.39. The fourth-order valence-electron chi connectivity index (χ4n) is 1.19. The summed E-state index contributed by atoms with van der Waals surface area (Å²) >= 11 is 0. The Kier molecular flexibility index (Phi) is 3.36. The largest absolute Gasteiger partial charge is 0.406 e. The Morgan fingerprint density at radius 1 is 1.43 bits per heavy atom. The molecule has 82 valence electrons. The summed E-state index contributed by atoms with van der Waals surface area (Å²) in [6, 6.07) is 0. The summed E-state index contributed by atoms with van der Waals surface area (Å²) in [6.07, 6.45) is -3.06. The highest BCUT2D eigenvalue weighted by atomic mass is 19.4. The van der Waals surface area contributed by atoms with Gasteiger partial charge in [-0.25, -0.2) is 0 Å². The van der Waals surface area contributed by atoms with Crippen molar-refractivity contribution in [2.45, 2.75) is 19.0 Å². The second-order valence-electron chi connectivity index (χ2n) is 3.37. The molecule has 0 saturated heterocycles. The van der Waals surface area contributed by atoms with Gasteiger partial charge in [0.1, 0.15) is 6.54 Å². The first-order chi connectivity index (χ1) is 6.44. The van der Waals surface area contributed by atoms with E-state index in [1.807, 2.05) is 0 Å². The van der Waals surface area contributed by atoms with Gasteiger partial charge in [-0.3, -0.25) is 4.79 Å². The Morgan fingerprint density at radius 3 is 2.36 bits per heavy atom. The van der Waals surface area contributed by atoms with Gasteiger partial charge >= 0.3 is 6.18 Å². The first-order valence-corrected chi connectivity index (χ1v) is 4.40. The van der Waals surface area contributed by atoms with E-state index in [9.17, 15) is 18.0 Å². The maximum atomic E-state index is 12.0. The number of alkyl halides is 3. The van der Waals surface area contributed by atoms with Gasteiger partial charge in [0.15, 0.2) is 0 Å². The van der Waals surface area contributed by atoms with E-state index in [2.05, 4.69) is 0 Å². The molecule has 0 aliphatic heterocycles. The van der Waals surface area contributed by atoms with Crippen molar-refractivity contribution in [1.29, 1.82) is 0 Å². The normalized spacial score (nSPS) is 16.9. The van der Waals surface area contributed by atoms with Crippen molar-refractivity contribution in [2.75, 3.05) is 19.7 Å². The lowest BCUT2D eigenvalue weighted by atomic mass is 10.3. The van der Waals surface area contributed by atoms with E-state index < -0.39 is 25.2 Å². The molecule has 0 atom stereocenters. The lowest BCUT2D eigenvalue weighted by Crippen LogP contribution is -2.41. The Hall–Kier alpha value is -0.780. The quantitative estimate of drug-likeness (QED) is 0.746. The Morgan fingerprint density at radius 2 is 2.00 bits per heavy atom. The van der Waals surface area contributed by atoms with Gasteiger partial charge in [-0.1, -0.05) is 0 Å². The maximum absolute atomic E-state index is 12.0. The molecule has 3 nitrogen and oxygen atoms in total. The molecule has 0 aromatic heterocycles. The van der Waals surface area contributed by atoms with E-state index in [-0.39, 0.29) is 12.5 Å². The smallest absolute Gasteiger partial charge is 0.395 e. The molecule has 1 rings (SSSR count). The van der Waals surface area contributed by atoms with Crippen LogP contribution in [-0.4, -0.2) is 41.8 Å². The van der Waals surface area contributed by atoms with Crippen LogP contribution in [0.15, 0.2) is 0 Å². The molecule has 0 bridgehead atoms. The van der Waals surface area contributed by atoms with Crippen LogP contribution < -0.4 is 0 Å². The summed E-state index contributed by atoms with van der Waals surface area (Å²) in [5, 5.41) is 8.52. The fraction of sp³-hybridized carbons (Fsp3) is 0.875. The maximum Gasteiger partial charge on any atom is 0.406 e. The third-order valence-corrected chi connectivity index (χ3v) is 1.98. The molecule has 14 heavy (non-hydrogen) atoms. The molecule has 1 saturated carbocycles. The molecule has 0 radical (unpaired) electrons. The first-order valence-electron chi connectivity index (χ1n) is 4.40. The van der Waals surface area contributed by atoms with Crippen LogP contribution in [0.5, 0.6) is 0 Å². The van der Waals surface area contributed by atoms with Crippen molar-refractivity contribution in [3.63, 3.8) is 0 Å². The Bertz CT molecular complexity index is 213. The number of amides is 1. The molecule has 1 aliphatic rings. The predicted octanol–water partition coefficient (Wildman–Crippen LogP) is 0.780. The topological polar surface area (TPSA) is 40.5 Å². The second kappa shape index (κ2) is 4.16. The van der Waals surface area contributed by atoms with Gasteiger partial charge in [0.25, 0.3) is 0 Å². The third-order valence-electron chi connectivity index (χ3n) is 1.98. The Labute approximate surface area is 79.5 Å². The van der Waals surface area contributed by atoms with E-state index in [1.165, 1.54) is 0 Å². The van der Waals surface area contributed by atoms with E-state index >= 15 is 0 Å². The summed E-state index contributed by atoms with van der Waals surface area (Å²) in [4.78, 5) is 12.0. The van der Waals surface area contributed by atoms with Gasteiger partial charge in [0.2, 0.25) is 5.91 Å². The van der Waals surface area contributed by atoms with E-state index in [1.54, 1.807) is 0 Å². The third kappa shape index (κ3) is 3.53. The molecule has 1 N–H and O–H groups in total. The molecule has 1 amide bonds. The average molecular weight is 211 g/mol. The SMILES string of the molecule is O=C(C1CC1)N(CCO)CC(F)(F)F. The van der Waals surface area contributed by atoms with Crippen LogP contribution in [0.2, 0.25) is 0 Å². The predicted molar refractivity (Wildman–Crippen MR) is 42.4 cm³/mol. The standard InChI is InChI=1S/C8H12F3NO2/c9-8(10,11)5-12(3-4-13)7(14)6-1-2-6/h6,13H,1-5H2. The van der Waals surface area contributed by atoms with Gasteiger partial charge in [-0.15, -0.1) is 0 Å². The van der Waals surface area contributed by atoms with Crippen molar-refractivity contribution in [3.8, 4) is 0 Å². The molecular weight excluding hydrogens is 199 g/mol. The van der Waals surface area contributed by atoms with Gasteiger partial charge in [0, 0.05) is 12.5 Å². The van der Waals surface area contributed by atoms with Crippen LogP contribution in [0, 0.1) is 5.92 Å². The molecule has 0 aromatic rings. The highest BCUT2D eigenvalue weighted by Gasteiger charge is 2.38. The number of aliphatic hydroxyl groups excluding tert-OH is 1. The number of aliphatic hydroxyl groups is 1. The molecule has 0 spiro atoms. The second-order valence-corrected chi connectivity index (χ2v) is 3.37. The molecule has 0 unspecified atom stereocenters. The summed E-state index contributed by atoms with van der Waals surface area (Å²) in [7, 11) is 0. The summed E-state index contributed by atoms with van der Waals surface area (Å²) in [6.45, 7) is -1.94. The van der Waals surface area contributed by atoms with Crippen molar-refractivity contribution in [2.24, 2.45) is 5.92 Å². The molecule has 1 aliphatic carbocycles. The number of nitrogens with zero attached hydrogens (tertiary/aromatic N) is 1. The average Bonchev–Trinajstić information content (AvgIpc) is 2.82.